The molecule has 1 aliphatic heterocycles. The van der Waals surface area contributed by atoms with Crippen molar-refractivity contribution >= 4 is 28.0 Å². The Balaban J connectivity index is 1.84. The molecule has 2 unspecified atom stereocenters. The van der Waals surface area contributed by atoms with Crippen molar-refractivity contribution in [3.8, 4) is 0 Å². The van der Waals surface area contributed by atoms with E-state index in [-0.39, 0.29) is 16.8 Å². The summed E-state index contributed by atoms with van der Waals surface area (Å²) in [5.74, 6) is 0.668. The lowest BCUT2D eigenvalue weighted by Crippen LogP contribution is -2.22. The van der Waals surface area contributed by atoms with E-state index in [4.69, 9.17) is 0 Å². The molecule has 0 saturated carbocycles. The third kappa shape index (κ3) is 2.29. The maximum absolute atomic E-state index is 11.0. The molecule has 2 atom stereocenters. The monoisotopic (exact) mass is 276 g/mol. The third-order valence-electron chi connectivity index (χ3n) is 4.05. The standard InChI is InChI=1S/C15H20N2OS/c1-10(18)16-8-7-12-4-3-11-5-6-13-15(14(11)12)19(2)9-17-13/h5-6,9,12,19H,3-4,7-8H2,1-2H3,(H,16,18). The number of amides is 1. The highest BCUT2D eigenvalue weighted by Crippen LogP contribution is 2.52. The lowest BCUT2D eigenvalue weighted by molar-refractivity contribution is -0.118. The van der Waals surface area contributed by atoms with Crippen LogP contribution in [0.4, 0.5) is 5.69 Å². The average molecular weight is 276 g/mol. The van der Waals surface area contributed by atoms with Gasteiger partial charge in [-0.05, 0) is 48.6 Å². The molecule has 4 heteroatoms. The van der Waals surface area contributed by atoms with Crippen molar-refractivity contribution in [1.29, 1.82) is 0 Å². The van der Waals surface area contributed by atoms with Crippen LogP contribution in [0, 0.1) is 0 Å². The lowest BCUT2D eigenvalue weighted by Gasteiger charge is -2.18. The van der Waals surface area contributed by atoms with Gasteiger partial charge in [0.2, 0.25) is 5.91 Å². The number of aliphatic imine (C=N–C) groups is 1. The number of hydrogen-bond acceptors (Lipinski definition) is 2. The molecular weight excluding hydrogens is 256 g/mol. The summed E-state index contributed by atoms with van der Waals surface area (Å²) in [5, 5.41) is 2.92. The van der Waals surface area contributed by atoms with E-state index in [1.165, 1.54) is 29.0 Å². The van der Waals surface area contributed by atoms with Gasteiger partial charge in [-0.3, -0.25) is 9.79 Å². The number of hydrogen-bond donors (Lipinski definition) is 2. The Morgan fingerprint density at radius 2 is 2.37 bits per heavy atom. The van der Waals surface area contributed by atoms with Gasteiger partial charge in [0.05, 0.1) is 5.69 Å². The van der Waals surface area contributed by atoms with Crippen molar-refractivity contribution in [2.45, 2.75) is 37.0 Å². The maximum atomic E-state index is 11.0. The number of nitrogens with one attached hydrogen (secondary N) is 1. The quantitative estimate of drug-likeness (QED) is 0.819. The predicted molar refractivity (Wildman–Crippen MR) is 82.1 cm³/mol. The van der Waals surface area contributed by atoms with Crippen LogP contribution in [0.25, 0.3) is 0 Å². The molecule has 1 aromatic carbocycles. The van der Waals surface area contributed by atoms with E-state index in [2.05, 4.69) is 34.2 Å². The fraction of sp³-hybridized carbons (Fsp3) is 0.467. The molecule has 3 rings (SSSR count). The number of aryl methyl sites for hydroxylation is 1. The smallest absolute Gasteiger partial charge is 0.216 e. The SMILES string of the molecule is CC(=O)NCCC1CCc2ccc3c(c21)[SH](C)C=N3. The Kier molecular flexibility index (Phi) is 3.35. The molecule has 1 heterocycles. The van der Waals surface area contributed by atoms with Crippen molar-refractivity contribution in [3.05, 3.63) is 23.3 Å². The third-order valence-corrected chi connectivity index (χ3v) is 5.68. The Hall–Kier alpha value is -1.29. The van der Waals surface area contributed by atoms with Crippen LogP contribution in [0.5, 0.6) is 0 Å². The first-order valence-corrected chi connectivity index (χ1v) is 8.70. The molecule has 102 valence electrons. The van der Waals surface area contributed by atoms with Crippen LogP contribution in [-0.2, 0) is 11.2 Å². The van der Waals surface area contributed by atoms with Gasteiger partial charge in [0.15, 0.2) is 0 Å². The first-order chi connectivity index (χ1) is 9.16. The highest BCUT2D eigenvalue weighted by molar-refractivity contribution is 8.28. The van der Waals surface area contributed by atoms with Gasteiger partial charge >= 0.3 is 0 Å². The van der Waals surface area contributed by atoms with Crippen molar-refractivity contribution in [3.63, 3.8) is 0 Å². The maximum Gasteiger partial charge on any atom is 0.216 e. The zero-order valence-corrected chi connectivity index (χ0v) is 12.3. The summed E-state index contributed by atoms with van der Waals surface area (Å²) in [5.41, 5.74) is 6.35. The van der Waals surface area contributed by atoms with E-state index in [1.807, 2.05) is 0 Å². The highest BCUT2D eigenvalue weighted by Gasteiger charge is 2.29. The number of carbonyl (C=O) groups excluding carboxylic acids is 1. The predicted octanol–water partition coefficient (Wildman–Crippen LogP) is 2.91. The first-order valence-electron chi connectivity index (χ1n) is 6.84. The molecule has 1 aliphatic carbocycles. The van der Waals surface area contributed by atoms with Gasteiger partial charge in [-0.2, -0.15) is 10.9 Å². The normalized spacial score (nSPS) is 25.2. The van der Waals surface area contributed by atoms with Crippen molar-refractivity contribution in [2.75, 3.05) is 12.8 Å². The number of nitrogens with zero attached hydrogens (tertiary/aromatic N) is 1. The van der Waals surface area contributed by atoms with E-state index in [0.29, 0.717) is 5.92 Å². The Morgan fingerprint density at radius 1 is 1.53 bits per heavy atom. The molecule has 0 bridgehead atoms. The van der Waals surface area contributed by atoms with E-state index >= 15 is 0 Å². The molecule has 0 fully saturated rings. The molecule has 1 N–H and O–H groups in total. The molecule has 19 heavy (non-hydrogen) atoms. The van der Waals surface area contributed by atoms with Crippen molar-refractivity contribution in [2.24, 2.45) is 4.99 Å². The fourth-order valence-corrected chi connectivity index (χ4v) is 4.79. The van der Waals surface area contributed by atoms with Crippen molar-refractivity contribution < 1.29 is 4.79 Å². The molecule has 2 aliphatic rings. The van der Waals surface area contributed by atoms with Crippen molar-refractivity contribution in [1.82, 2.24) is 5.32 Å². The van der Waals surface area contributed by atoms with E-state index in [1.54, 1.807) is 12.5 Å². The van der Waals surface area contributed by atoms with E-state index in [0.717, 1.165) is 13.0 Å². The molecule has 0 radical (unpaired) electrons. The number of fused-ring (bicyclic) bond motifs is 3. The van der Waals surface area contributed by atoms with Gasteiger partial charge in [-0.25, -0.2) is 0 Å². The fourth-order valence-electron chi connectivity index (χ4n) is 3.18. The van der Waals surface area contributed by atoms with Gasteiger partial charge < -0.3 is 5.32 Å². The average Bonchev–Trinajstić information content (AvgIpc) is 2.93. The number of benzene rings is 1. The molecular formula is C15H20N2OS. The van der Waals surface area contributed by atoms with Gasteiger partial charge in [-0.15, -0.1) is 0 Å². The summed E-state index contributed by atoms with van der Waals surface area (Å²) in [7, 11) is -0.217. The van der Waals surface area contributed by atoms with Crippen LogP contribution >= 0.6 is 10.9 Å². The lowest BCUT2D eigenvalue weighted by atomic mass is 9.97. The van der Waals surface area contributed by atoms with E-state index < -0.39 is 0 Å². The minimum atomic E-state index is -0.217. The molecule has 1 aromatic rings. The van der Waals surface area contributed by atoms with Crippen LogP contribution < -0.4 is 5.32 Å². The molecule has 0 saturated heterocycles. The summed E-state index contributed by atoms with van der Waals surface area (Å²) in [6, 6.07) is 4.42. The second-order valence-electron chi connectivity index (χ2n) is 5.37. The summed E-state index contributed by atoms with van der Waals surface area (Å²) < 4.78 is 0. The Bertz CT molecular complexity index is 553. The van der Waals surface area contributed by atoms with Gasteiger partial charge in [-0.1, -0.05) is 6.07 Å². The number of carbonyl (C=O) groups is 1. The van der Waals surface area contributed by atoms with Gasteiger partial charge in [0.25, 0.3) is 0 Å². The van der Waals surface area contributed by atoms with Crippen LogP contribution in [0.1, 0.15) is 36.8 Å². The molecule has 3 nitrogen and oxygen atoms in total. The van der Waals surface area contributed by atoms with E-state index in [9.17, 15) is 4.79 Å². The first kappa shape index (κ1) is 12.7. The Labute approximate surface area is 116 Å². The topological polar surface area (TPSA) is 41.5 Å². The minimum Gasteiger partial charge on any atom is -0.356 e. The van der Waals surface area contributed by atoms with Crippen LogP contribution in [0.2, 0.25) is 0 Å². The van der Waals surface area contributed by atoms with Crippen LogP contribution in [0.3, 0.4) is 0 Å². The summed E-state index contributed by atoms with van der Waals surface area (Å²) >= 11 is 0. The summed E-state index contributed by atoms with van der Waals surface area (Å²) in [4.78, 5) is 17.0. The second-order valence-corrected chi connectivity index (χ2v) is 7.27. The molecule has 0 spiro atoms. The van der Waals surface area contributed by atoms with Gasteiger partial charge in [0, 0.05) is 23.9 Å². The second kappa shape index (κ2) is 5.00. The summed E-state index contributed by atoms with van der Waals surface area (Å²) in [6.45, 7) is 2.37. The molecule has 1 amide bonds. The Morgan fingerprint density at radius 3 is 3.16 bits per heavy atom. The zero-order chi connectivity index (χ0) is 13.4. The van der Waals surface area contributed by atoms with Crippen LogP contribution in [0.15, 0.2) is 22.0 Å². The van der Waals surface area contributed by atoms with Gasteiger partial charge in [0.1, 0.15) is 0 Å². The summed E-state index contributed by atoms with van der Waals surface area (Å²) in [6.07, 6.45) is 5.73. The largest absolute Gasteiger partial charge is 0.356 e. The zero-order valence-electron chi connectivity index (χ0n) is 11.4. The highest BCUT2D eigenvalue weighted by atomic mass is 32.2. The number of thiol groups is 1. The number of rotatable bonds is 3. The van der Waals surface area contributed by atoms with Crippen LogP contribution in [-0.4, -0.2) is 24.3 Å². The molecule has 0 aromatic heterocycles. The minimum absolute atomic E-state index is 0.0672.